The van der Waals surface area contributed by atoms with Crippen LogP contribution in [0.15, 0.2) is 36.4 Å². The molecule has 2 aromatic carbocycles. The van der Waals surface area contributed by atoms with Gasteiger partial charge in [-0.1, -0.05) is 24.3 Å². The van der Waals surface area contributed by atoms with Crippen LogP contribution in [0.5, 0.6) is 5.75 Å². The number of carbonyl (C=O) groups excluding carboxylic acids is 1. The van der Waals surface area contributed by atoms with E-state index in [4.69, 9.17) is 4.74 Å². The molecule has 1 N–H and O–H groups in total. The molecule has 0 saturated carbocycles. The number of benzene rings is 2. The highest BCUT2D eigenvalue weighted by Gasteiger charge is 2.22. The minimum absolute atomic E-state index is 0.111. The fraction of sp³-hybridized carbons (Fsp3) is 0.421. The van der Waals surface area contributed by atoms with E-state index >= 15 is 0 Å². The van der Waals surface area contributed by atoms with Gasteiger partial charge in [0, 0.05) is 19.6 Å². The van der Waals surface area contributed by atoms with Crippen molar-refractivity contribution in [3.8, 4) is 5.75 Å². The molecule has 1 aliphatic rings. The molecule has 4 nitrogen and oxygen atoms in total. The number of ether oxygens (including phenoxy) is 1. The Balaban J connectivity index is 1.82. The fourth-order valence-electron chi connectivity index (χ4n) is 3.12. The van der Waals surface area contributed by atoms with Gasteiger partial charge in [0.2, 0.25) is 5.91 Å². The van der Waals surface area contributed by atoms with E-state index in [1.807, 2.05) is 30.0 Å². The zero-order chi connectivity index (χ0) is 16.2. The smallest absolute Gasteiger partial charge is 0.229 e. The van der Waals surface area contributed by atoms with E-state index in [2.05, 4.69) is 23.5 Å². The number of nitrogens with one attached hydrogen (secondary N) is 1. The van der Waals surface area contributed by atoms with E-state index in [-0.39, 0.29) is 11.8 Å². The molecule has 122 valence electrons. The summed E-state index contributed by atoms with van der Waals surface area (Å²) in [5.41, 5.74) is 1.07. The van der Waals surface area contributed by atoms with Gasteiger partial charge in [-0.25, -0.2) is 0 Å². The molecule has 0 bridgehead atoms. The van der Waals surface area contributed by atoms with E-state index in [1.165, 1.54) is 0 Å². The summed E-state index contributed by atoms with van der Waals surface area (Å²) in [5.74, 6) is 0.965. The summed E-state index contributed by atoms with van der Waals surface area (Å²) in [5, 5.41) is 5.61. The minimum Gasteiger partial charge on any atom is -0.497 e. The summed E-state index contributed by atoms with van der Waals surface area (Å²) in [6.07, 6.45) is 1.02. The van der Waals surface area contributed by atoms with Crippen LogP contribution in [-0.2, 0) is 4.79 Å². The Labute approximate surface area is 137 Å². The molecule has 3 rings (SSSR count). The zero-order valence-corrected chi connectivity index (χ0v) is 13.8. The van der Waals surface area contributed by atoms with Gasteiger partial charge >= 0.3 is 0 Å². The largest absolute Gasteiger partial charge is 0.497 e. The van der Waals surface area contributed by atoms with E-state index in [0.717, 1.165) is 54.7 Å². The second-order valence-electron chi connectivity index (χ2n) is 6.12. The van der Waals surface area contributed by atoms with Crippen LogP contribution in [0.2, 0.25) is 0 Å². The van der Waals surface area contributed by atoms with Gasteiger partial charge in [0.1, 0.15) is 5.75 Å². The third kappa shape index (κ3) is 3.48. The second kappa shape index (κ2) is 7.01. The summed E-state index contributed by atoms with van der Waals surface area (Å²) < 4.78 is 5.26. The highest BCUT2D eigenvalue weighted by Crippen LogP contribution is 2.26. The van der Waals surface area contributed by atoms with Crippen molar-refractivity contribution in [2.75, 3.05) is 33.3 Å². The highest BCUT2D eigenvalue weighted by atomic mass is 16.5. The monoisotopic (exact) mass is 312 g/mol. The third-order valence-corrected chi connectivity index (χ3v) is 4.59. The molecular formula is C19H24N2O2. The molecule has 1 atom stereocenters. The topological polar surface area (TPSA) is 41.6 Å². The summed E-state index contributed by atoms with van der Waals surface area (Å²) in [7, 11) is 1.67. The van der Waals surface area contributed by atoms with Crippen molar-refractivity contribution in [2.24, 2.45) is 0 Å². The lowest BCUT2D eigenvalue weighted by Crippen LogP contribution is -2.36. The molecule has 0 radical (unpaired) electrons. The number of hydrogen-bond donors (Lipinski definition) is 1. The Morgan fingerprint density at radius 1 is 1.13 bits per heavy atom. The molecule has 1 heterocycles. The fourth-order valence-corrected chi connectivity index (χ4v) is 3.12. The van der Waals surface area contributed by atoms with Gasteiger partial charge < -0.3 is 15.0 Å². The molecule has 1 unspecified atom stereocenters. The maximum absolute atomic E-state index is 12.8. The van der Waals surface area contributed by atoms with Crippen molar-refractivity contribution in [3.05, 3.63) is 42.0 Å². The minimum atomic E-state index is -0.111. The first-order chi connectivity index (χ1) is 11.2. The number of fused-ring (bicyclic) bond motifs is 1. The first-order valence-electron chi connectivity index (χ1n) is 8.26. The van der Waals surface area contributed by atoms with E-state index < -0.39 is 0 Å². The molecule has 0 aromatic heterocycles. The van der Waals surface area contributed by atoms with Gasteiger partial charge in [0.05, 0.1) is 13.0 Å². The molecule has 1 aliphatic heterocycles. The number of amides is 1. The van der Waals surface area contributed by atoms with Crippen molar-refractivity contribution in [1.82, 2.24) is 10.2 Å². The third-order valence-electron chi connectivity index (χ3n) is 4.59. The molecule has 1 amide bonds. The van der Waals surface area contributed by atoms with Crippen molar-refractivity contribution in [1.29, 1.82) is 0 Å². The van der Waals surface area contributed by atoms with Crippen molar-refractivity contribution in [2.45, 2.75) is 19.3 Å². The maximum Gasteiger partial charge on any atom is 0.229 e. The van der Waals surface area contributed by atoms with Crippen LogP contribution in [0.25, 0.3) is 10.8 Å². The predicted molar refractivity (Wildman–Crippen MR) is 93.0 cm³/mol. The van der Waals surface area contributed by atoms with E-state index in [1.54, 1.807) is 7.11 Å². The van der Waals surface area contributed by atoms with Gasteiger partial charge in [-0.05, 0) is 48.4 Å². The van der Waals surface area contributed by atoms with Crippen LogP contribution in [0.3, 0.4) is 0 Å². The SMILES string of the molecule is COc1ccc2cc(C(C)C(=O)N3CCCNCC3)ccc2c1. The highest BCUT2D eigenvalue weighted by molar-refractivity contribution is 5.88. The van der Waals surface area contributed by atoms with E-state index in [0.29, 0.717) is 0 Å². The molecule has 0 aliphatic carbocycles. The molecule has 23 heavy (non-hydrogen) atoms. The van der Waals surface area contributed by atoms with Gasteiger partial charge in [0.25, 0.3) is 0 Å². The molecule has 4 heteroatoms. The van der Waals surface area contributed by atoms with Crippen molar-refractivity contribution >= 4 is 16.7 Å². The summed E-state index contributed by atoms with van der Waals surface area (Å²) in [4.78, 5) is 14.8. The molecule has 0 spiro atoms. The van der Waals surface area contributed by atoms with Crippen LogP contribution in [-0.4, -0.2) is 44.1 Å². The van der Waals surface area contributed by atoms with Crippen LogP contribution >= 0.6 is 0 Å². The van der Waals surface area contributed by atoms with Crippen molar-refractivity contribution < 1.29 is 9.53 Å². The predicted octanol–water partition coefficient (Wildman–Crippen LogP) is 2.77. The molecule has 1 fully saturated rings. The Hall–Kier alpha value is -2.07. The van der Waals surface area contributed by atoms with Crippen LogP contribution in [0.4, 0.5) is 0 Å². The van der Waals surface area contributed by atoms with Crippen molar-refractivity contribution in [3.63, 3.8) is 0 Å². The number of carbonyl (C=O) groups is 1. The maximum atomic E-state index is 12.8. The lowest BCUT2D eigenvalue weighted by atomic mass is 9.96. The van der Waals surface area contributed by atoms with Crippen LogP contribution in [0, 0.1) is 0 Å². The second-order valence-corrected chi connectivity index (χ2v) is 6.12. The average molecular weight is 312 g/mol. The summed E-state index contributed by atoms with van der Waals surface area (Å²) in [6, 6.07) is 12.3. The first kappa shape index (κ1) is 15.8. The number of hydrogen-bond acceptors (Lipinski definition) is 3. The van der Waals surface area contributed by atoms with Gasteiger partial charge in [-0.15, -0.1) is 0 Å². The van der Waals surface area contributed by atoms with Crippen LogP contribution in [0.1, 0.15) is 24.8 Å². The Bertz CT molecular complexity index is 691. The lowest BCUT2D eigenvalue weighted by molar-refractivity contribution is -0.132. The first-order valence-corrected chi connectivity index (χ1v) is 8.26. The zero-order valence-electron chi connectivity index (χ0n) is 13.8. The Kier molecular flexibility index (Phi) is 4.82. The lowest BCUT2D eigenvalue weighted by Gasteiger charge is -2.24. The standard InChI is InChI=1S/C19H24N2O2/c1-14(19(22)21-10-3-8-20-9-11-21)15-4-5-17-13-18(23-2)7-6-16(17)12-15/h4-7,12-14,20H,3,8-11H2,1-2H3. The summed E-state index contributed by atoms with van der Waals surface area (Å²) >= 11 is 0. The Morgan fingerprint density at radius 3 is 2.74 bits per heavy atom. The number of rotatable bonds is 3. The quantitative estimate of drug-likeness (QED) is 0.947. The molecule has 1 saturated heterocycles. The number of nitrogens with zero attached hydrogens (tertiary/aromatic N) is 1. The van der Waals surface area contributed by atoms with Gasteiger partial charge in [0.15, 0.2) is 0 Å². The summed E-state index contributed by atoms with van der Waals surface area (Å²) in [6.45, 7) is 5.53. The van der Waals surface area contributed by atoms with Crippen LogP contribution < -0.4 is 10.1 Å². The van der Waals surface area contributed by atoms with Gasteiger partial charge in [-0.2, -0.15) is 0 Å². The van der Waals surface area contributed by atoms with E-state index in [9.17, 15) is 4.79 Å². The number of methoxy groups -OCH3 is 1. The Morgan fingerprint density at radius 2 is 1.91 bits per heavy atom. The average Bonchev–Trinajstić information content (AvgIpc) is 2.88. The molecule has 2 aromatic rings. The van der Waals surface area contributed by atoms with Gasteiger partial charge in [-0.3, -0.25) is 4.79 Å². The normalized spacial score (nSPS) is 16.9. The molecular weight excluding hydrogens is 288 g/mol.